The van der Waals surface area contributed by atoms with Gasteiger partial charge in [-0.05, 0) is 48.4 Å². The van der Waals surface area contributed by atoms with E-state index in [1.165, 1.54) is 12.1 Å². The lowest BCUT2D eigenvalue weighted by Crippen LogP contribution is -2.02. The van der Waals surface area contributed by atoms with Crippen molar-refractivity contribution in [3.63, 3.8) is 0 Å². The Morgan fingerprint density at radius 3 is 2.22 bits per heavy atom. The number of halogens is 1. The first-order valence-corrected chi connectivity index (χ1v) is 7.27. The van der Waals surface area contributed by atoms with E-state index < -0.39 is 5.97 Å². The molecule has 0 aliphatic rings. The minimum atomic E-state index is -0.901. The van der Waals surface area contributed by atoms with Gasteiger partial charge in [0.05, 0.1) is 0 Å². The third-order valence-electron chi connectivity index (χ3n) is 3.29. The van der Waals surface area contributed by atoms with Gasteiger partial charge in [0.15, 0.2) is 5.78 Å². The van der Waals surface area contributed by atoms with Crippen LogP contribution in [0, 0.1) is 5.82 Å². The summed E-state index contributed by atoms with van der Waals surface area (Å²) in [6.07, 6.45) is 0.531. The minimum absolute atomic E-state index is 0.00932. The van der Waals surface area contributed by atoms with E-state index in [0.29, 0.717) is 24.3 Å². The maximum atomic E-state index is 12.8. The predicted octanol–water partition coefficient (Wildman–Crippen LogP) is 3.84. The zero-order valence-electron chi connectivity index (χ0n) is 12.5. The van der Waals surface area contributed by atoms with Gasteiger partial charge in [0.25, 0.3) is 0 Å². The Labute approximate surface area is 133 Å². The fourth-order valence-electron chi connectivity index (χ4n) is 2.03. The van der Waals surface area contributed by atoms with Gasteiger partial charge in [0.2, 0.25) is 0 Å². The number of carboxylic acid groups (broad SMARTS) is 1. The molecule has 0 saturated heterocycles. The molecule has 4 nitrogen and oxygen atoms in total. The lowest BCUT2D eigenvalue weighted by Gasteiger charge is -2.07. The number of rotatable bonds is 8. The van der Waals surface area contributed by atoms with E-state index in [1.54, 1.807) is 36.4 Å². The Hall–Kier alpha value is -2.69. The van der Waals surface area contributed by atoms with Crippen molar-refractivity contribution < 1.29 is 23.8 Å². The van der Waals surface area contributed by atoms with Crippen LogP contribution in [-0.4, -0.2) is 16.9 Å². The van der Waals surface area contributed by atoms with E-state index in [2.05, 4.69) is 0 Å². The van der Waals surface area contributed by atoms with Gasteiger partial charge in [-0.25, -0.2) is 4.39 Å². The number of aliphatic carboxylic acids is 1. The van der Waals surface area contributed by atoms with Crippen LogP contribution in [0.25, 0.3) is 0 Å². The molecule has 0 radical (unpaired) electrons. The maximum Gasteiger partial charge on any atom is 0.303 e. The van der Waals surface area contributed by atoms with E-state index in [4.69, 9.17) is 9.84 Å². The van der Waals surface area contributed by atoms with Gasteiger partial charge in [-0.2, -0.15) is 0 Å². The smallest absolute Gasteiger partial charge is 0.303 e. The van der Waals surface area contributed by atoms with E-state index in [-0.39, 0.29) is 24.4 Å². The van der Waals surface area contributed by atoms with E-state index >= 15 is 0 Å². The number of hydrogen-bond donors (Lipinski definition) is 1. The minimum Gasteiger partial charge on any atom is -0.489 e. The highest BCUT2D eigenvalue weighted by molar-refractivity contribution is 5.96. The van der Waals surface area contributed by atoms with Crippen LogP contribution in [0.3, 0.4) is 0 Å². The molecule has 0 fully saturated rings. The largest absolute Gasteiger partial charge is 0.489 e. The van der Waals surface area contributed by atoms with Crippen LogP contribution >= 0.6 is 0 Å². The van der Waals surface area contributed by atoms with E-state index in [0.717, 1.165) is 5.56 Å². The standard InChI is InChI=1S/C18H17FO4/c19-15-8-4-13(5-9-15)12-23-16-10-6-14(7-11-16)17(20)2-1-3-18(21)22/h4-11H,1-3,12H2,(H,21,22). The Morgan fingerprint density at radius 2 is 1.61 bits per heavy atom. The molecule has 1 N–H and O–H groups in total. The maximum absolute atomic E-state index is 12.8. The zero-order valence-corrected chi connectivity index (χ0v) is 12.5. The van der Waals surface area contributed by atoms with Crippen LogP contribution in [0.5, 0.6) is 5.75 Å². The number of ketones is 1. The lowest BCUT2D eigenvalue weighted by atomic mass is 10.1. The van der Waals surface area contributed by atoms with Crippen molar-refractivity contribution in [2.24, 2.45) is 0 Å². The van der Waals surface area contributed by atoms with Crippen molar-refractivity contribution in [1.82, 2.24) is 0 Å². The number of carbonyl (C=O) groups excluding carboxylic acids is 1. The highest BCUT2D eigenvalue weighted by Crippen LogP contribution is 2.16. The monoisotopic (exact) mass is 316 g/mol. The summed E-state index contributed by atoms with van der Waals surface area (Å²) in [4.78, 5) is 22.3. The molecule has 2 aromatic carbocycles. The summed E-state index contributed by atoms with van der Waals surface area (Å²) in [7, 11) is 0. The second kappa shape index (κ2) is 8.08. The number of hydrogen-bond acceptors (Lipinski definition) is 3. The molecule has 0 aliphatic carbocycles. The second-order valence-corrected chi connectivity index (χ2v) is 5.11. The Kier molecular flexibility index (Phi) is 5.86. The van der Waals surface area contributed by atoms with Crippen molar-refractivity contribution in [3.05, 3.63) is 65.5 Å². The first-order chi connectivity index (χ1) is 11.0. The average molecular weight is 316 g/mol. The zero-order chi connectivity index (χ0) is 16.7. The molecule has 120 valence electrons. The van der Waals surface area contributed by atoms with Gasteiger partial charge in [-0.3, -0.25) is 9.59 Å². The molecule has 0 bridgehead atoms. The molecule has 0 atom stereocenters. The topological polar surface area (TPSA) is 63.6 Å². The molecule has 0 aliphatic heterocycles. The van der Waals surface area contributed by atoms with Gasteiger partial charge in [-0.1, -0.05) is 12.1 Å². The van der Waals surface area contributed by atoms with Crippen molar-refractivity contribution in [2.75, 3.05) is 0 Å². The van der Waals surface area contributed by atoms with Crippen molar-refractivity contribution in [2.45, 2.75) is 25.9 Å². The Morgan fingerprint density at radius 1 is 0.957 bits per heavy atom. The summed E-state index contributed by atoms with van der Waals surface area (Å²) >= 11 is 0. The van der Waals surface area contributed by atoms with Gasteiger partial charge in [0.1, 0.15) is 18.2 Å². The SMILES string of the molecule is O=C(O)CCCC(=O)c1ccc(OCc2ccc(F)cc2)cc1. The molecule has 0 heterocycles. The summed E-state index contributed by atoms with van der Waals surface area (Å²) < 4.78 is 18.4. The van der Waals surface area contributed by atoms with E-state index in [1.807, 2.05) is 0 Å². The molecule has 0 amide bonds. The third-order valence-corrected chi connectivity index (χ3v) is 3.29. The van der Waals surface area contributed by atoms with Crippen molar-refractivity contribution in [3.8, 4) is 5.75 Å². The quantitative estimate of drug-likeness (QED) is 0.752. The number of ether oxygens (including phenoxy) is 1. The highest BCUT2D eigenvalue weighted by Gasteiger charge is 2.07. The fraction of sp³-hybridized carbons (Fsp3) is 0.222. The Bertz CT molecular complexity index is 662. The summed E-state index contributed by atoms with van der Waals surface area (Å²) in [5, 5.41) is 8.55. The second-order valence-electron chi connectivity index (χ2n) is 5.11. The van der Waals surface area contributed by atoms with E-state index in [9.17, 15) is 14.0 Å². The normalized spacial score (nSPS) is 10.3. The number of Topliss-reactive ketones (excluding diaryl/α,β-unsaturated/α-hetero) is 1. The molecule has 0 spiro atoms. The van der Waals surface area contributed by atoms with Gasteiger partial charge in [-0.15, -0.1) is 0 Å². The molecular formula is C18H17FO4. The third kappa shape index (κ3) is 5.54. The molecule has 2 rings (SSSR count). The molecular weight excluding hydrogens is 299 g/mol. The summed E-state index contributed by atoms with van der Waals surface area (Å²) in [5.41, 5.74) is 1.38. The van der Waals surface area contributed by atoms with Crippen LogP contribution in [0.2, 0.25) is 0 Å². The van der Waals surface area contributed by atoms with Crippen molar-refractivity contribution >= 4 is 11.8 Å². The molecule has 23 heavy (non-hydrogen) atoms. The first-order valence-electron chi connectivity index (χ1n) is 7.27. The Balaban J connectivity index is 1.85. The van der Waals surface area contributed by atoms with Crippen LogP contribution < -0.4 is 4.74 Å². The number of benzene rings is 2. The van der Waals surface area contributed by atoms with Gasteiger partial charge in [0, 0.05) is 18.4 Å². The summed E-state index contributed by atoms with van der Waals surface area (Å²) in [5.74, 6) is -0.672. The van der Waals surface area contributed by atoms with Crippen LogP contribution in [-0.2, 0) is 11.4 Å². The van der Waals surface area contributed by atoms with Gasteiger partial charge >= 0.3 is 5.97 Å². The molecule has 2 aromatic rings. The fourth-order valence-corrected chi connectivity index (χ4v) is 2.03. The van der Waals surface area contributed by atoms with Crippen molar-refractivity contribution in [1.29, 1.82) is 0 Å². The molecule has 0 saturated carbocycles. The average Bonchev–Trinajstić information content (AvgIpc) is 2.54. The van der Waals surface area contributed by atoms with Crippen LogP contribution in [0.15, 0.2) is 48.5 Å². The summed E-state index contributed by atoms with van der Waals surface area (Å²) in [6, 6.07) is 12.7. The van der Waals surface area contributed by atoms with Crippen LogP contribution in [0.1, 0.15) is 35.2 Å². The molecule has 0 unspecified atom stereocenters. The first kappa shape index (κ1) is 16.7. The number of carboxylic acids is 1. The molecule has 5 heteroatoms. The van der Waals surface area contributed by atoms with Gasteiger partial charge < -0.3 is 9.84 Å². The summed E-state index contributed by atoms with van der Waals surface area (Å²) in [6.45, 7) is 0.312. The predicted molar refractivity (Wildman–Crippen MR) is 83.0 cm³/mol. The molecule has 0 aromatic heterocycles. The highest BCUT2D eigenvalue weighted by atomic mass is 19.1. The van der Waals surface area contributed by atoms with Crippen LogP contribution in [0.4, 0.5) is 4.39 Å². The number of carbonyl (C=O) groups is 2. The lowest BCUT2D eigenvalue weighted by molar-refractivity contribution is -0.137.